The summed E-state index contributed by atoms with van der Waals surface area (Å²) in [6.45, 7) is 4.71. The Labute approximate surface area is 226 Å². The van der Waals surface area contributed by atoms with Gasteiger partial charge in [0.2, 0.25) is 11.8 Å². The number of carbonyl (C=O) groups excluding carboxylic acids is 2. The maximum absolute atomic E-state index is 13.6. The number of nitrogens with zero attached hydrogens (tertiary/aromatic N) is 4. The molecule has 1 aromatic carbocycles. The average Bonchev–Trinajstić information content (AvgIpc) is 3.44. The number of carbonyl (C=O) groups is 3. The van der Waals surface area contributed by atoms with E-state index in [0.717, 1.165) is 41.6 Å². The molecule has 1 N–H and O–H groups in total. The van der Waals surface area contributed by atoms with Crippen molar-refractivity contribution in [3.05, 3.63) is 48.0 Å². The average molecular weight is 533 g/mol. The highest BCUT2D eigenvalue weighted by Crippen LogP contribution is 2.39. The van der Waals surface area contributed by atoms with Crippen molar-refractivity contribution < 1.29 is 19.5 Å². The summed E-state index contributed by atoms with van der Waals surface area (Å²) in [5.41, 5.74) is 3.56. The van der Waals surface area contributed by atoms with Crippen LogP contribution in [-0.2, 0) is 14.4 Å². The second-order valence-corrected chi connectivity index (χ2v) is 11.3. The molecule has 1 atom stereocenters. The van der Waals surface area contributed by atoms with E-state index in [1.54, 1.807) is 16.0 Å². The minimum absolute atomic E-state index is 0.0743. The molecule has 0 radical (unpaired) electrons. The smallest absolute Gasteiger partial charge is 0.304 e. The van der Waals surface area contributed by atoms with Gasteiger partial charge in [-0.2, -0.15) is 0 Å². The normalized spacial score (nSPS) is 16.2. The minimum Gasteiger partial charge on any atom is -0.481 e. The number of thiazole rings is 1. The summed E-state index contributed by atoms with van der Waals surface area (Å²) in [5, 5.41) is 12.0. The Hall–Kier alpha value is -3.59. The van der Waals surface area contributed by atoms with Gasteiger partial charge in [0.05, 0.1) is 12.1 Å². The number of carboxylic acid groups (broad SMARTS) is 1. The highest BCUT2D eigenvalue weighted by atomic mass is 32.1. The van der Waals surface area contributed by atoms with Crippen LogP contribution < -0.4 is 9.80 Å². The van der Waals surface area contributed by atoms with Gasteiger partial charge in [0.25, 0.3) is 0 Å². The number of pyridine rings is 1. The molecule has 198 valence electrons. The number of hydrogen-bond acceptors (Lipinski definition) is 6. The van der Waals surface area contributed by atoms with Gasteiger partial charge in [-0.1, -0.05) is 38.1 Å². The fourth-order valence-electron chi connectivity index (χ4n) is 5.06. The van der Waals surface area contributed by atoms with E-state index in [1.807, 2.05) is 55.6 Å². The lowest BCUT2D eigenvalue weighted by Crippen LogP contribution is -2.39. The zero-order valence-electron chi connectivity index (χ0n) is 21.7. The summed E-state index contributed by atoms with van der Waals surface area (Å²) >= 11 is 1.41. The predicted molar refractivity (Wildman–Crippen MR) is 148 cm³/mol. The molecule has 3 heterocycles. The molecule has 38 heavy (non-hydrogen) atoms. The molecule has 1 saturated carbocycles. The number of aliphatic carboxylic acids is 1. The number of benzene rings is 1. The molecule has 2 amide bonds. The first-order chi connectivity index (χ1) is 18.3. The van der Waals surface area contributed by atoms with E-state index in [1.165, 1.54) is 11.3 Å². The van der Waals surface area contributed by atoms with E-state index in [2.05, 4.69) is 4.98 Å². The van der Waals surface area contributed by atoms with Crippen LogP contribution in [0.5, 0.6) is 0 Å². The van der Waals surface area contributed by atoms with Crippen molar-refractivity contribution in [2.75, 3.05) is 16.3 Å². The van der Waals surface area contributed by atoms with Crippen LogP contribution in [0, 0.1) is 11.8 Å². The van der Waals surface area contributed by atoms with Crippen LogP contribution in [0.25, 0.3) is 22.4 Å². The Balaban J connectivity index is 1.42. The molecule has 8 nitrogen and oxygen atoms in total. The van der Waals surface area contributed by atoms with Gasteiger partial charge < -0.3 is 5.11 Å². The minimum atomic E-state index is -0.956. The van der Waals surface area contributed by atoms with Crippen LogP contribution in [-0.4, -0.2) is 45.4 Å². The summed E-state index contributed by atoms with van der Waals surface area (Å²) in [7, 11) is 0. The Morgan fingerprint density at radius 3 is 2.53 bits per heavy atom. The summed E-state index contributed by atoms with van der Waals surface area (Å²) in [6.07, 6.45) is 5.36. The molecule has 1 aliphatic heterocycles. The third-order valence-electron chi connectivity index (χ3n) is 6.99. The van der Waals surface area contributed by atoms with Crippen molar-refractivity contribution in [3.63, 3.8) is 0 Å². The number of carboxylic acids is 1. The summed E-state index contributed by atoms with van der Waals surface area (Å²) in [5.74, 6) is -0.683. The van der Waals surface area contributed by atoms with Crippen LogP contribution in [0.3, 0.4) is 0 Å². The summed E-state index contributed by atoms with van der Waals surface area (Å²) in [4.78, 5) is 50.1. The first-order valence-corrected chi connectivity index (χ1v) is 14.1. The van der Waals surface area contributed by atoms with Crippen LogP contribution in [0.2, 0.25) is 0 Å². The Morgan fingerprint density at radius 2 is 1.92 bits per heavy atom. The van der Waals surface area contributed by atoms with Gasteiger partial charge in [0, 0.05) is 47.6 Å². The van der Waals surface area contributed by atoms with Crippen LogP contribution >= 0.6 is 11.3 Å². The molecule has 0 spiro atoms. The lowest BCUT2D eigenvalue weighted by atomic mass is 9.93. The first kappa shape index (κ1) is 26.0. The zero-order chi connectivity index (χ0) is 26.8. The second-order valence-electron chi connectivity index (χ2n) is 10.5. The van der Waals surface area contributed by atoms with Crippen LogP contribution in [0.1, 0.15) is 52.4 Å². The molecular formula is C29H32N4O4S. The van der Waals surface area contributed by atoms with Crippen LogP contribution in [0.15, 0.2) is 48.0 Å². The Morgan fingerprint density at radius 1 is 1.16 bits per heavy atom. The molecule has 5 rings (SSSR count). The molecule has 3 aromatic rings. The van der Waals surface area contributed by atoms with E-state index < -0.39 is 11.9 Å². The zero-order valence-corrected chi connectivity index (χ0v) is 22.5. The van der Waals surface area contributed by atoms with Gasteiger partial charge in [0.15, 0.2) is 5.13 Å². The van der Waals surface area contributed by atoms with E-state index in [9.17, 15) is 19.5 Å². The van der Waals surface area contributed by atoms with Crippen LogP contribution in [0.4, 0.5) is 10.9 Å². The SMILES string of the molecule is CC(C)C[C@H](CC(=O)O)C(=O)N(c1nc(-c2ccccc2-c2ccc(N3CCCC3=O)nc2)cs1)C1CC1. The maximum atomic E-state index is 13.6. The van der Waals surface area contributed by atoms with Crippen molar-refractivity contribution >= 4 is 40.1 Å². The molecule has 2 fully saturated rings. The van der Waals surface area contributed by atoms with Crippen molar-refractivity contribution in [3.8, 4) is 22.4 Å². The number of aromatic nitrogens is 2. The van der Waals surface area contributed by atoms with E-state index >= 15 is 0 Å². The summed E-state index contributed by atoms with van der Waals surface area (Å²) < 4.78 is 0. The lowest BCUT2D eigenvalue weighted by Gasteiger charge is -2.25. The monoisotopic (exact) mass is 532 g/mol. The fourth-order valence-corrected chi connectivity index (χ4v) is 5.96. The Kier molecular flexibility index (Phi) is 7.56. The standard InChI is InChI=1S/C29H32N4O4S/c1-18(2)14-20(15-27(35)36)28(37)33(21-10-11-21)29-31-24(17-38-29)23-7-4-3-6-22(23)19-9-12-25(30-16-19)32-13-5-8-26(32)34/h3-4,6-7,9,12,16-18,20-21H,5,8,10-11,13-15H2,1-2H3,(H,35,36)/t20-/m1/s1. The number of rotatable bonds is 10. The topological polar surface area (TPSA) is 104 Å². The molecule has 0 bridgehead atoms. The van der Waals surface area contributed by atoms with Gasteiger partial charge in [-0.15, -0.1) is 11.3 Å². The van der Waals surface area contributed by atoms with Gasteiger partial charge >= 0.3 is 5.97 Å². The predicted octanol–water partition coefficient (Wildman–Crippen LogP) is 5.63. The largest absolute Gasteiger partial charge is 0.481 e. The van der Waals surface area contributed by atoms with Gasteiger partial charge in [0.1, 0.15) is 5.82 Å². The van der Waals surface area contributed by atoms with Gasteiger partial charge in [-0.05, 0) is 49.3 Å². The van der Waals surface area contributed by atoms with E-state index in [4.69, 9.17) is 4.98 Å². The van der Waals surface area contributed by atoms with Gasteiger partial charge in [-0.3, -0.25) is 24.2 Å². The fraction of sp³-hybridized carbons (Fsp3) is 0.414. The lowest BCUT2D eigenvalue weighted by molar-refractivity contribution is -0.140. The first-order valence-electron chi connectivity index (χ1n) is 13.2. The second kappa shape index (κ2) is 11.0. The Bertz CT molecular complexity index is 1330. The molecule has 1 aliphatic carbocycles. The molecule has 1 saturated heterocycles. The van der Waals surface area contributed by atoms with E-state index in [-0.39, 0.29) is 30.2 Å². The number of amides is 2. The summed E-state index contributed by atoms with van der Waals surface area (Å²) in [6, 6.07) is 11.9. The molecule has 2 aliphatic rings. The molecular weight excluding hydrogens is 500 g/mol. The highest BCUT2D eigenvalue weighted by molar-refractivity contribution is 7.14. The quantitative estimate of drug-likeness (QED) is 0.363. The van der Waals surface area contributed by atoms with Crippen molar-refractivity contribution in [2.24, 2.45) is 11.8 Å². The highest BCUT2D eigenvalue weighted by Gasteiger charge is 2.39. The molecule has 2 aromatic heterocycles. The van der Waals surface area contributed by atoms with Crippen molar-refractivity contribution in [2.45, 2.75) is 58.4 Å². The number of anilines is 2. The van der Waals surface area contributed by atoms with Crippen molar-refractivity contribution in [1.29, 1.82) is 0 Å². The number of hydrogen-bond donors (Lipinski definition) is 1. The molecule has 9 heteroatoms. The van der Waals surface area contributed by atoms with E-state index in [0.29, 0.717) is 30.3 Å². The maximum Gasteiger partial charge on any atom is 0.304 e. The van der Waals surface area contributed by atoms with Gasteiger partial charge in [-0.25, -0.2) is 9.97 Å². The van der Waals surface area contributed by atoms with Crippen molar-refractivity contribution in [1.82, 2.24) is 9.97 Å². The third-order valence-corrected chi connectivity index (χ3v) is 7.83. The molecule has 0 unspecified atom stereocenters. The third kappa shape index (κ3) is 5.62.